The molecule has 0 aliphatic carbocycles. The van der Waals surface area contributed by atoms with Crippen LogP contribution >= 0.6 is 23.4 Å². The molecule has 0 unspecified atom stereocenters. The highest BCUT2D eigenvalue weighted by atomic mass is 35.5. The Bertz CT molecular complexity index is 929. The predicted molar refractivity (Wildman–Crippen MR) is 122 cm³/mol. The molecule has 1 amide bonds. The molecular formula is C24H24ClNO2S. The Labute approximate surface area is 181 Å². The molecule has 3 aromatic rings. The molecule has 0 aliphatic rings. The number of nitrogens with one attached hydrogen (secondary N) is 1. The minimum atomic E-state index is -0.175. The first-order chi connectivity index (χ1) is 14.1. The van der Waals surface area contributed by atoms with Gasteiger partial charge in [0.15, 0.2) is 0 Å². The third kappa shape index (κ3) is 6.84. The van der Waals surface area contributed by atoms with Crippen LogP contribution in [0.4, 0.5) is 0 Å². The molecule has 0 atom stereocenters. The number of hydrogen-bond donors (Lipinski definition) is 1. The molecule has 1 N–H and O–H groups in total. The normalized spacial score (nSPS) is 10.6. The van der Waals surface area contributed by atoms with Crippen molar-refractivity contribution in [3.8, 4) is 5.75 Å². The lowest BCUT2D eigenvalue weighted by atomic mass is 10.2. The van der Waals surface area contributed by atoms with Crippen molar-refractivity contribution in [3.05, 3.63) is 100 Å². The molecule has 0 aliphatic heterocycles. The van der Waals surface area contributed by atoms with Crippen LogP contribution in [0.25, 0.3) is 0 Å². The van der Waals surface area contributed by atoms with Crippen LogP contribution in [0.1, 0.15) is 27.0 Å². The van der Waals surface area contributed by atoms with E-state index in [2.05, 4.69) is 36.5 Å². The van der Waals surface area contributed by atoms with Gasteiger partial charge in [0.25, 0.3) is 5.91 Å². The van der Waals surface area contributed by atoms with Crippen LogP contribution < -0.4 is 10.1 Å². The van der Waals surface area contributed by atoms with Crippen molar-refractivity contribution in [2.24, 2.45) is 0 Å². The zero-order valence-electron chi connectivity index (χ0n) is 16.4. The van der Waals surface area contributed by atoms with Crippen molar-refractivity contribution in [3.63, 3.8) is 0 Å². The summed E-state index contributed by atoms with van der Waals surface area (Å²) < 4.78 is 5.87. The van der Waals surface area contributed by atoms with Crippen molar-refractivity contribution in [2.45, 2.75) is 19.3 Å². The molecule has 150 valence electrons. The zero-order valence-corrected chi connectivity index (χ0v) is 17.9. The van der Waals surface area contributed by atoms with Crippen LogP contribution in [0.15, 0.2) is 72.8 Å². The second kappa shape index (κ2) is 10.9. The van der Waals surface area contributed by atoms with Gasteiger partial charge in [-0.05, 0) is 36.2 Å². The van der Waals surface area contributed by atoms with E-state index >= 15 is 0 Å². The van der Waals surface area contributed by atoms with E-state index in [9.17, 15) is 4.79 Å². The average molecular weight is 426 g/mol. The highest BCUT2D eigenvalue weighted by molar-refractivity contribution is 7.98. The van der Waals surface area contributed by atoms with E-state index < -0.39 is 0 Å². The van der Waals surface area contributed by atoms with Gasteiger partial charge in [0.1, 0.15) is 12.4 Å². The van der Waals surface area contributed by atoms with Crippen molar-refractivity contribution in [1.29, 1.82) is 0 Å². The molecule has 3 rings (SSSR count). The zero-order chi connectivity index (χ0) is 20.5. The van der Waals surface area contributed by atoms with E-state index in [4.69, 9.17) is 16.3 Å². The standard InChI is InChI=1S/C24H24ClNO2S/c1-18-7-9-20(10-8-18)17-29-14-13-26-24(27)22-15-21(25)11-12-23(22)28-16-19-5-3-2-4-6-19/h2-12,15H,13-14,16-17H2,1H3,(H,26,27). The fourth-order valence-corrected chi connectivity index (χ4v) is 3.74. The molecular weight excluding hydrogens is 402 g/mol. The molecule has 0 spiro atoms. The maximum atomic E-state index is 12.6. The maximum Gasteiger partial charge on any atom is 0.255 e. The van der Waals surface area contributed by atoms with Gasteiger partial charge >= 0.3 is 0 Å². The molecule has 29 heavy (non-hydrogen) atoms. The Morgan fingerprint density at radius 3 is 2.52 bits per heavy atom. The summed E-state index contributed by atoms with van der Waals surface area (Å²) in [5.41, 5.74) is 4.05. The Hall–Kier alpha value is -2.43. The Morgan fingerprint density at radius 2 is 1.76 bits per heavy atom. The van der Waals surface area contributed by atoms with Gasteiger partial charge in [0.2, 0.25) is 0 Å². The highest BCUT2D eigenvalue weighted by Gasteiger charge is 2.13. The van der Waals surface area contributed by atoms with E-state index in [1.165, 1.54) is 11.1 Å². The minimum Gasteiger partial charge on any atom is -0.488 e. The lowest BCUT2D eigenvalue weighted by Gasteiger charge is -2.12. The number of ether oxygens (including phenoxy) is 1. The molecule has 0 bridgehead atoms. The third-order valence-corrected chi connectivity index (χ3v) is 5.61. The van der Waals surface area contributed by atoms with Crippen molar-refractivity contribution in [1.82, 2.24) is 5.32 Å². The number of halogens is 1. The minimum absolute atomic E-state index is 0.175. The second-order valence-electron chi connectivity index (χ2n) is 6.71. The number of amides is 1. The fraction of sp³-hybridized carbons (Fsp3) is 0.208. The fourth-order valence-electron chi connectivity index (χ4n) is 2.75. The van der Waals surface area contributed by atoms with E-state index in [1.54, 1.807) is 30.0 Å². The Morgan fingerprint density at radius 1 is 1.00 bits per heavy atom. The highest BCUT2D eigenvalue weighted by Crippen LogP contribution is 2.24. The summed E-state index contributed by atoms with van der Waals surface area (Å²) in [4.78, 5) is 12.6. The molecule has 0 aromatic heterocycles. The van der Waals surface area contributed by atoms with Gasteiger partial charge in [-0.3, -0.25) is 4.79 Å². The second-order valence-corrected chi connectivity index (χ2v) is 8.25. The van der Waals surface area contributed by atoms with Crippen LogP contribution in [-0.2, 0) is 12.4 Å². The lowest BCUT2D eigenvalue weighted by molar-refractivity contribution is 0.0951. The largest absolute Gasteiger partial charge is 0.488 e. The van der Waals surface area contributed by atoms with E-state index in [1.807, 2.05) is 30.3 Å². The van der Waals surface area contributed by atoms with Gasteiger partial charge in [-0.1, -0.05) is 71.8 Å². The summed E-state index contributed by atoms with van der Waals surface area (Å²) in [6.07, 6.45) is 0. The maximum absolute atomic E-state index is 12.6. The predicted octanol–water partition coefficient (Wildman–Crippen LogP) is 5.89. The lowest BCUT2D eigenvalue weighted by Crippen LogP contribution is -2.26. The first-order valence-electron chi connectivity index (χ1n) is 9.49. The van der Waals surface area contributed by atoms with Crippen LogP contribution in [0.3, 0.4) is 0 Å². The van der Waals surface area contributed by atoms with Gasteiger partial charge in [0, 0.05) is 23.1 Å². The molecule has 5 heteroatoms. The summed E-state index contributed by atoms with van der Waals surface area (Å²) in [6, 6.07) is 23.5. The Kier molecular flexibility index (Phi) is 8.03. The number of rotatable bonds is 9. The number of thioether (sulfide) groups is 1. The van der Waals surface area contributed by atoms with Crippen LogP contribution in [-0.4, -0.2) is 18.2 Å². The molecule has 0 heterocycles. The van der Waals surface area contributed by atoms with Crippen molar-refractivity contribution >= 4 is 29.3 Å². The summed E-state index contributed by atoms with van der Waals surface area (Å²) in [5, 5.41) is 3.47. The van der Waals surface area contributed by atoms with Crippen LogP contribution in [0, 0.1) is 6.92 Å². The van der Waals surface area contributed by atoms with Crippen molar-refractivity contribution in [2.75, 3.05) is 12.3 Å². The average Bonchev–Trinajstić information content (AvgIpc) is 2.74. The topological polar surface area (TPSA) is 38.3 Å². The molecule has 0 radical (unpaired) electrons. The van der Waals surface area contributed by atoms with Crippen LogP contribution in [0.2, 0.25) is 5.02 Å². The number of benzene rings is 3. The third-order valence-electron chi connectivity index (χ3n) is 4.34. The first kappa shape index (κ1) is 21.3. The number of carbonyl (C=O) groups is 1. The molecule has 0 fully saturated rings. The van der Waals surface area contributed by atoms with E-state index in [0.717, 1.165) is 17.1 Å². The van der Waals surface area contributed by atoms with Crippen molar-refractivity contribution < 1.29 is 9.53 Å². The number of aryl methyl sites for hydroxylation is 1. The molecule has 0 saturated carbocycles. The SMILES string of the molecule is Cc1ccc(CSCCNC(=O)c2cc(Cl)ccc2OCc2ccccc2)cc1. The number of hydrogen-bond acceptors (Lipinski definition) is 3. The monoisotopic (exact) mass is 425 g/mol. The van der Waals surface area contributed by atoms with Gasteiger partial charge in [-0.2, -0.15) is 11.8 Å². The quantitative estimate of drug-likeness (QED) is 0.434. The summed E-state index contributed by atoms with van der Waals surface area (Å²) in [5.74, 6) is 2.12. The summed E-state index contributed by atoms with van der Waals surface area (Å²) >= 11 is 7.89. The van der Waals surface area contributed by atoms with E-state index in [0.29, 0.717) is 29.5 Å². The molecule has 3 nitrogen and oxygen atoms in total. The summed E-state index contributed by atoms with van der Waals surface area (Å²) in [6.45, 7) is 3.06. The Balaban J connectivity index is 1.50. The van der Waals surface area contributed by atoms with Gasteiger partial charge < -0.3 is 10.1 Å². The van der Waals surface area contributed by atoms with Crippen LogP contribution in [0.5, 0.6) is 5.75 Å². The summed E-state index contributed by atoms with van der Waals surface area (Å²) in [7, 11) is 0. The smallest absolute Gasteiger partial charge is 0.255 e. The van der Waals surface area contributed by atoms with Gasteiger partial charge in [0.05, 0.1) is 5.56 Å². The van der Waals surface area contributed by atoms with Gasteiger partial charge in [-0.15, -0.1) is 0 Å². The first-order valence-corrected chi connectivity index (χ1v) is 11.0. The molecule has 0 saturated heterocycles. The number of carbonyl (C=O) groups excluding carboxylic acids is 1. The van der Waals surface area contributed by atoms with E-state index in [-0.39, 0.29) is 5.91 Å². The molecule has 3 aromatic carbocycles. The van der Waals surface area contributed by atoms with Gasteiger partial charge in [-0.25, -0.2) is 0 Å².